The predicted octanol–water partition coefficient (Wildman–Crippen LogP) is 3.84. The molecule has 0 radical (unpaired) electrons. The zero-order valence-corrected chi connectivity index (χ0v) is 22.2. The van der Waals surface area contributed by atoms with Gasteiger partial charge in [-0.05, 0) is 61.7 Å². The topological polar surface area (TPSA) is 96.0 Å². The summed E-state index contributed by atoms with van der Waals surface area (Å²) in [6, 6.07) is 13.1. The van der Waals surface area contributed by atoms with Gasteiger partial charge in [-0.2, -0.15) is 0 Å². The van der Waals surface area contributed by atoms with E-state index in [9.17, 15) is 18.0 Å². The predicted molar refractivity (Wildman–Crippen MR) is 139 cm³/mol. The van der Waals surface area contributed by atoms with Gasteiger partial charge in [0.1, 0.15) is 11.8 Å². The molecule has 192 valence electrons. The minimum atomic E-state index is -3.56. The van der Waals surface area contributed by atoms with Gasteiger partial charge in [-0.25, -0.2) is 8.42 Å². The summed E-state index contributed by atoms with van der Waals surface area (Å²) in [5, 5.41) is 3.34. The highest BCUT2D eigenvalue weighted by Gasteiger charge is 2.26. The molecule has 1 N–H and O–H groups in total. The monoisotopic (exact) mass is 523 g/mol. The summed E-state index contributed by atoms with van der Waals surface area (Å²) in [6.45, 7) is 4.52. The Hall–Kier alpha value is -2.78. The van der Waals surface area contributed by atoms with Crippen molar-refractivity contribution in [2.45, 2.75) is 45.7 Å². The minimum Gasteiger partial charge on any atom is -0.497 e. The highest BCUT2D eigenvalue weighted by atomic mass is 35.5. The summed E-state index contributed by atoms with van der Waals surface area (Å²) >= 11 is 5.93. The highest BCUT2D eigenvalue weighted by molar-refractivity contribution is 7.92. The average molecular weight is 524 g/mol. The van der Waals surface area contributed by atoms with Crippen LogP contribution in [0.15, 0.2) is 48.5 Å². The Kier molecular flexibility index (Phi) is 10.9. The molecule has 8 nitrogen and oxygen atoms in total. The molecule has 0 saturated heterocycles. The second-order valence-electron chi connectivity index (χ2n) is 8.26. The second kappa shape index (κ2) is 13.3. The van der Waals surface area contributed by atoms with Crippen LogP contribution in [0.5, 0.6) is 5.75 Å². The van der Waals surface area contributed by atoms with Crippen LogP contribution in [0.3, 0.4) is 0 Å². The second-order valence-corrected chi connectivity index (χ2v) is 10.6. The van der Waals surface area contributed by atoms with Crippen LogP contribution < -0.4 is 14.4 Å². The van der Waals surface area contributed by atoms with Crippen molar-refractivity contribution in [1.82, 2.24) is 10.2 Å². The van der Waals surface area contributed by atoms with Gasteiger partial charge in [0, 0.05) is 31.1 Å². The summed E-state index contributed by atoms with van der Waals surface area (Å²) in [5.41, 5.74) is 1.30. The molecule has 0 saturated carbocycles. The van der Waals surface area contributed by atoms with Gasteiger partial charge < -0.3 is 15.0 Å². The summed E-state index contributed by atoms with van der Waals surface area (Å²) in [4.78, 5) is 27.4. The number of anilines is 1. The fourth-order valence-electron chi connectivity index (χ4n) is 3.56. The van der Waals surface area contributed by atoms with E-state index in [0.717, 1.165) is 18.2 Å². The first-order valence-electron chi connectivity index (χ1n) is 11.5. The molecular weight excluding hydrogens is 490 g/mol. The molecule has 2 aromatic rings. The van der Waals surface area contributed by atoms with Crippen LogP contribution in [0.25, 0.3) is 0 Å². The van der Waals surface area contributed by atoms with E-state index in [4.69, 9.17) is 16.3 Å². The number of sulfonamides is 1. The fourth-order valence-corrected chi connectivity index (χ4v) is 4.65. The zero-order valence-electron chi connectivity index (χ0n) is 20.7. The van der Waals surface area contributed by atoms with Crippen LogP contribution in [0.4, 0.5) is 5.69 Å². The minimum absolute atomic E-state index is 0.0783. The average Bonchev–Trinajstić information content (AvgIpc) is 2.83. The van der Waals surface area contributed by atoms with E-state index in [1.807, 2.05) is 31.2 Å². The fraction of sp³-hybridized carbons (Fsp3) is 0.440. The number of halogens is 1. The number of nitrogens with zero attached hydrogens (tertiary/aromatic N) is 2. The zero-order chi connectivity index (χ0) is 26.0. The van der Waals surface area contributed by atoms with Gasteiger partial charge in [-0.3, -0.25) is 13.9 Å². The Balaban J connectivity index is 2.16. The van der Waals surface area contributed by atoms with E-state index in [-0.39, 0.29) is 37.7 Å². The Bertz CT molecular complexity index is 1090. The summed E-state index contributed by atoms with van der Waals surface area (Å²) in [5.74, 6) is 0.184. The van der Waals surface area contributed by atoms with E-state index in [1.165, 1.54) is 9.21 Å². The number of nitrogens with one attached hydrogen (secondary N) is 1. The van der Waals surface area contributed by atoms with Gasteiger partial charge >= 0.3 is 0 Å². The van der Waals surface area contributed by atoms with Crippen LogP contribution in [0.1, 0.15) is 38.7 Å². The lowest BCUT2D eigenvalue weighted by molar-refractivity contribution is -0.140. The number of hydrogen-bond donors (Lipinski definition) is 1. The molecule has 0 heterocycles. The number of rotatable bonds is 13. The number of methoxy groups -OCH3 is 1. The van der Waals surface area contributed by atoms with Crippen molar-refractivity contribution in [3.63, 3.8) is 0 Å². The van der Waals surface area contributed by atoms with Gasteiger partial charge in [0.2, 0.25) is 21.8 Å². The maximum absolute atomic E-state index is 13.3. The Morgan fingerprint density at radius 3 is 2.43 bits per heavy atom. The van der Waals surface area contributed by atoms with Gasteiger partial charge in [-0.15, -0.1) is 0 Å². The lowest BCUT2D eigenvalue weighted by Crippen LogP contribution is -2.47. The number of ether oxygens (including phenoxy) is 1. The number of benzene rings is 2. The lowest BCUT2D eigenvalue weighted by Gasteiger charge is -2.29. The van der Waals surface area contributed by atoms with Gasteiger partial charge in [0.05, 0.1) is 19.1 Å². The van der Waals surface area contributed by atoms with Gasteiger partial charge in [-0.1, -0.05) is 30.7 Å². The van der Waals surface area contributed by atoms with E-state index in [2.05, 4.69) is 5.32 Å². The van der Waals surface area contributed by atoms with Crippen molar-refractivity contribution >= 4 is 39.1 Å². The number of carbonyl (C=O) groups is 2. The molecule has 0 aliphatic heterocycles. The van der Waals surface area contributed by atoms with Crippen molar-refractivity contribution in [3.05, 3.63) is 59.1 Å². The van der Waals surface area contributed by atoms with Crippen LogP contribution in [0.2, 0.25) is 5.02 Å². The van der Waals surface area contributed by atoms with E-state index in [1.54, 1.807) is 38.3 Å². The first kappa shape index (κ1) is 28.5. The van der Waals surface area contributed by atoms with Crippen LogP contribution in [0, 0.1) is 0 Å². The van der Waals surface area contributed by atoms with Crippen molar-refractivity contribution in [1.29, 1.82) is 0 Å². The first-order valence-corrected chi connectivity index (χ1v) is 13.7. The van der Waals surface area contributed by atoms with Crippen LogP contribution in [-0.4, -0.2) is 57.6 Å². The van der Waals surface area contributed by atoms with Crippen molar-refractivity contribution in [2.24, 2.45) is 0 Å². The smallest absolute Gasteiger partial charge is 0.242 e. The summed E-state index contributed by atoms with van der Waals surface area (Å²) in [6.07, 6.45) is 2.27. The SMILES string of the molecule is CCCNC(=O)[C@H](C)N(Cc1cccc(OC)c1)C(=O)CCCN(c1ccc(Cl)cc1)S(C)(=O)=O. The van der Waals surface area contributed by atoms with E-state index in [0.29, 0.717) is 23.0 Å². The Morgan fingerprint density at radius 2 is 1.83 bits per heavy atom. The molecule has 0 aliphatic rings. The molecule has 0 aromatic heterocycles. The molecule has 0 aliphatic carbocycles. The molecule has 2 rings (SSSR count). The standard InChI is InChI=1S/C25H34ClN3O5S/c1-5-15-27-25(31)19(2)28(18-20-8-6-9-23(17-20)34-3)24(30)10-7-16-29(35(4,32)33)22-13-11-21(26)12-14-22/h6,8-9,11-14,17,19H,5,7,10,15-16,18H2,1-4H3,(H,27,31)/t19-/m0/s1. The largest absolute Gasteiger partial charge is 0.497 e. The molecule has 0 fully saturated rings. The maximum Gasteiger partial charge on any atom is 0.242 e. The number of amides is 2. The quantitative estimate of drug-likeness (QED) is 0.430. The first-order chi connectivity index (χ1) is 16.6. The molecular formula is C25H34ClN3O5S. The maximum atomic E-state index is 13.3. The lowest BCUT2D eigenvalue weighted by atomic mass is 10.1. The van der Waals surface area contributed by atoms with Crippen molar-refractivity contribution in [3.8, 4) is 5.75 Å². The third-order valence-corrected chi connectivity index (χ3v) is 6.92. The molecule has 35 heavy (non-hydrogen) atoms. The third kappa shape index (κ3) is 8.74. The number of carbonyl (C=O) groups excluding carboxylic acids is 2. The molecule has 2 aromatic carbocycles. The summed E-state index contributed by atoms with van der Waals surface area (Å²) < 4.78 is 31.2. The van der Waals surface area contributed by atoms with Crippen LogP contribution in [-0.2, 0) is 26.2 Å². The molecule has 0 spiro atoms. The van der Waals surface area contributed by atoms with Gasteiger partial charge in [0.25, 0.3) is 0 Å². The molecule has 2 amide bonds. The Morgan fingerprint density at radius 1 is 1.14 bits per heavy atom. The number of hydrogen-bond acceptors (Lipinski definition) is 5. The molecule has 10 heteroatoms. The third-order valence-electron chi connectivity index (χ3n) is 5.47. The van der Waals surface area contributed by atoms with E-state index >= 15 is 0 Å². The normalized spacial score (nSPS) is 12.0. The Labute approximate surface area is 213 Å². The van der Waals surface area contributed by atoms with Gasteiger partial charge in [0.15, 0.2) is 0 Å². The van der Waals surface area contributed by atoms with E-state index < -0.39 is 16.1 Å². The van der Waals surface area contributed by atoms with Crippen LogP contribution >= 0.6 is 11.6 Å². The van der Waals surface area contributed by atoms with Crippen molar-refractivity contribution in [2.75, 3.05) is 30.8 Å². The molecule has 0 bridgehead atoms. The van der Waals surface area contributed by atoms with Crippen molar-refractivity contribution < 1.29 is 22.7 Å². The molecule has 0 unspecified atom stereocenters. The highest BCUT2D eigenvalue weighted by Crippen LogP contribution is 2.22. The summed E-state index contributed by atoms with van der Waals surface area (Å²) in [7, 11) is -1.99. The molecule has 1 atom stereocenters.